The second-order valence-corrected chi connectivity index (χ2v) is 6.82. The molecule has 1 aliphatic heterocycles. The van der Waals surface area contributed by atoms with Gasteiger partial charge in [-0.05, 0) is 75.7 Å². The van der Waals surface area contributed by atoms with Crippen LogP contribution in [0.5, 0.6) is 0 Å². The van der Waals surface area contributed by atoms with E-state index in [2.05, 4.69) is 23.2 Å². The van der Waals surface area contributed by atoms with Gasteiger partial charge in [0.1, 0.15) is 5.82 Å². The van der Waals surface area contributed by atoms with E-state index >= 15 is 0 Å². The Bertz CT molecular complexity index is 478. The summed E-state index contributed by atoms with van der Waals surface area (Å²) in [7, 11) is 0. The van der Waals surface area contributed by atoms with E-state index in [-0.39, 0.29) is 5.82 Å². The molecule has 1 aliphatic carbocycles. The molecule has 116 valence electrons. The SMILES string of the molecule is Cc1ccc(C(C)N(CC2CCCNC2)C2CC2)cc1F. The fourth-order valence-electron chi connectivity index (χ4n) is 3.47. The molecule has 1 heterocycles. The second kappa shape index (κ2) is 6.45. The van der Waals surface area contributed by atoms with Crippen molar-refractivity contribution in [2.24, 2.45) is 5.92 Å². The standard InChI is InChI=1S/C18H27FN2/c1-13-5-6-16(10-18(13)19)14(2)21(17-7-8-17)12-15-4-3-9-20-11-15/h5-6,10,14-15,17,20H,3-4,7-9,11-12H2,1-2H3. The molecule has 1 saturated carbocycles. The molecule has 1 saturated heterocycles. The molecule has 2 fully saturated rings. The van der Waals surface area contributed by atoms with Gasteiger partial charge in [0.15, 0.2) is 0 Å². The van der Waals surface area contributed by atoms with Gasteiger partial charge in [0.05, 0.1) is 0 Å². The summed E-state index contributed by atoms with van der Waals surface area (Å²) < 4.78 is 13.8. The molecule has 3 rings (SSSR count). The largest absolute Gasteiger partial charge is 0.316 e. The third kappa shape index (κ3) is 3.64. The van der Waals surface area contributed by atoms with Crippen LogP contribution in [0.2, 0.25) is 0 Å². The highest BCUT2D eigenvalue weighted by molar-refractivity contribution is 5.26. The Labute approximate surface area is 127 Å². The first-order chi connectivity index (χ1) is 10.1. The van der Waals surface area contributed by atoms with Crippen LogP contribution in [0.3, 0.4) is 0 Å². The minimum Gasteiger partial charge on any atom is -0.316 e. The Balaban J connectivity index is 1.71. The zero-order valence-electron chi connectivity index (χ0n) is 13.2. The Morgan fingerprint density at radius 3 is 2.76 bits per heavy atom. The molecule has 0 amide bonds. The van der Waals surface area contributed by atoms with Crippen LogP contribution in [0.1, 0.15) is 49.8 Å². The number of benzene rings is 1. The Morgan fingerprint density at radius 1 is 1.33 bits per heavy atom. The quantitative estimate of drug-likeness (QED) is 0.890. The van der Waals surface area contributed by atoms with Crippen molar-refractivity contribution in [2.45, 2.75) is 51.6 Å². The van der Waals surface area contributed by atoms with Gasteiger partial charge < -0.3 is 5.32 Å². The summed E-state index contributed by atoms with van der Waals surface area (Å²) in [6.45, 7) is 7.51. The molecule has 0 spiro atoms. The van der Waals surface area contributed by atoms with Gasteiger partial charge in [-0.2, -0.15) is 0 Å². The second-order valence-electron chi connectivity index (χ2n) is 6.82. The molecule has 1 N–H and O–H groups in total. The molecule has 21 heavy (non-hydrogen) atoms. The van der Waals surface area contributed by atoms with Crippen LogP contribution in [0.4, 0.5) is 4.39 Å². The lowest BCUT2D eigenvalue weighted by Gasteiger charge is -2.34. The van der Waals surface area contributed by atoms with Crippen LogP contribution in [-0.2, 0) is 0 Å². The van der Waals surface area contributed by atoms with E-state index < -0.39 is 0 Å². The van der Waals surface area contributed by atoms with E-state index in [4.69, 9.17) is 0 Å². The predicted octanol–water partition coefficient (Wildman–Crippen LogP) is 3.66. The smallest absolute Gasteiger partial charge is 0.126 e. The topological polar surface area (TPSA) is 15.3 Å². The van der Waals surface area contributed by atoms with Crippen molar-refractivity contribution in [2.75, 3.05) is 19.6 Å². The number of halogens is 1. The number of hydrogen-bond donors (Lipinski definition) is 1. The molecule has 1 aromatic rings. The van der Waals surface area contributed by atoms with Crippen LogP contribution < -0.4 is 5.32 Å². The molecule has 2 unspecified atom stereocenters. The van der Waals surface area contributed by atoms with E-state index in [0.717, 1.165) is 30.1 Å². The summed E-state index contributed by atoms with van der Waals surface area (Å²) in [5.74, 6) is 0.673. The van der Waals surface area contributed by atoms with Gasteiger partial charge in [0.2, 0.25) is 0 Å². The molecule has 2 nitrogen and oxygen atoms in total. The molecular weight excluding hydrogens is 263 g/mol. The van der Waals surface area contributed by atoms with Crippen LogP contribution in [0, 0.1) is 18.7 Å². The van der Waals surface area contributed by atoms with Gasteiger partial charge in [-0.25, -0.2) is 4.39 Å². The highest BCUT2D eigenvalue weighted by Crippen LogP contribution is 2.35. The lowest BCUT2D eigenvalue weighted by Crippen LogP contribution is -2.40. The van der Waals surface area contributed by atoms with Crippen molar-refractivity contribution in [1.82, 2.24) is 10.2 Å². The molecule has 0 radical (unpaired) electrons. The minimum atomic E-state index is -0.0746. The number of hydrogen-bond acceptors (Lipinski definition) is 2. The first-order valence-corrected chi connectivity index (χ1v) is 8.37. The highest BCUT2D eigenvalue weighted by Gasteiger charge is 2.34. The third-order valence-corrected chi connectivity index (χ3v) is 5.06. The van der Waals surface area contributed by atoms with E-state index in [1.54, 1.807) is 6.07 Å². The van der Waals surface area contributed by atoms with Gasteiger partial charge in [-0.15, -0.1) is 0 Å². The lowest BCUT2D eigenvalue weighted by molar-refractivity contribution is 0.154. The fourth-order valence-corrected chi connectivity index (χ4v) is 3.47. The molecule has 3 heteroatoms. The Kier molecular flexibility index (Phi) is 4.60. The van der Waals surface area contributed by atoms with E-state index in [1.807, 2.05) is 13.0 Å². The van der Waals surface area contributed by atoms with Crippen LogP contribution in [0.15, 0.2) is 18.2 Å². The molecular formula is C18H27FN2. The summed E-state index contributed by atoms with van der Waals surface area (Å²) in [4.78, 5) is 2.61. The maximum atomic E-state index is 13.8. The molecule has 0 bridgehead atoms. The van der Waals surface area contributed by atoms with Gasteiger partial charge in [-0.1, -0.05) is 12.1 Å². The summed E-state index contributed by atoms with van der Waals surface area (Å²) in [5.41, 5.74) is 1.86. The minimum absolute atomic E-state index is 0.0746. The first-order valence-electron chi connectivity index (χ1n) is 8.37. The van der Waals surface area contributed by atoms with Gasteiger partial charge in [0.25, 0.3) is 0 Å². The van der Waals surface area contributed by atoms with E-state index in [9.17, 15) is 4.39 Å². The lowest BCUT2D eigenvalue weighted by atomic mass is 9.97. The molecule has 1 aromatic carbocycles. The number of nitrogens with zero attached hydrogens (tertiary/aromatic N) is 1. The normalized spacial score (nSPS) is 24.3. The molecule has 0 aromatic heterocycles. The average molecular weight is 290 g/mol. The number of aryl methyl sites for hydroxylation is 1. The van der Waals surface area contributed by atoms with Crippen molar-refractivity contribution < 1.29 is 4.39 Å². The van der Waals surface area contributed by atoms with E-state index in [0.29, 0.717) is 12.1 Å². The van der Waals surface area contributed by atoms with Crippen LogP contribution in [0.25, 0.3) is 0 Å². The maximum Gasteiger partial charge on any atom is 0.126 e. The third-order valence-electron chi connectivity index (χ3n) is 5.06. The summed E-state index contributed by atoms with van der Waals surface area (Å²) in [5, 5.41) is 3.51. The van der Waals surface area contributed by atoms with Crippen molar-refractivity contribution in [3.05, 3.63) is 35.1 Å². The molecule has 2 aliphatic rings. The van der Waals surface area contributed by atoms with Gasteiger partial charge >= 0.3 is 0 Å². The monoisotopic (exact) mass is 290 g/mol. The van der Waals surface area contributed by atoms with Crippen molar-refractivity contribution >= 4 is 0 Å². The predicted molar refractivity (Wildman–Crippen MR) is 84.9 cm³/mol. The maximum absolute atomic E-state index is 13.8. The average Bonchev–Trinajstić information content (AvgIpc) is 3.33. The van der Waals surface area contributed by atoms with E-state index in [1.165, 1.54) is 32.2 Å². The number of nitrogens with one attached hydrogen (secondary N) is 1. The Morgan fingerprint density at radius 2 is 2.14 bits per heavy atom. The van der Waals surface area contributed by atoms with Crippen LogP contribution in [-0.4, -0.2) is 30.6 Å². The first kappa shape index (κ1) is 15.0. The summed E-state index contributed by atoms with van der Waals surface area (Å²) >= 11 is 0. The number of piperidine rings is 1. The summed E-state index contributed by atoms with van der Waals surface area (Å²) in [6, 6.07) is 6.77. The zero-order valence-corrected chi connectivity index (χ0v) is 13.2. The van der Waals surface area contributed by atoms with Gasteiger partial charge in [-0.3, -0.25) is 4.90 Å². The number of rotatable bonds is 5. The zero-order chi connectivity index (χ0) is 14.8. The van der Waals surface area contributed by atoms with Crippen LogP contribution >= 0.6 is 0 Å². The highest BCUT2D eigenvalue weighted by atomic mass is 19.1. The van der Waals surface area contributed by atoms with Crippen molar-refractivity contribution in [3.63, 3.8) is 0 Å². The van der Waals surface area contributed by atoms with Gasteiger partial charge in [0, 0.05) is 18.6 Å². The molecule has 2 atom stereocenters. The fraction of sp³-hybridized carbons (Fsp3) is 0.667. The van der Waals surface area contributed by atoms with Crippen molar-refractivity contribution in [3.8, 4) is 0 Å². The summed E-state index contributed by atoms with van der Waals surface area (Å²) in [6.07, 6.45) is 5.22. The Hall–Kier alpha value is -0.930. The van der Waals surface area contributed by atoms with Crippen molar-refractivity contribution in [1.29, 1.82) is 0 Å².